The summed E-state index contributed by atoms with van der Waals surface area (Å²) in [5.41, 5.74) is 3.70. The fourth-order valence-corrected chi connectivity index (χ4v) is 4.18. The van der Waals surface area contributed by atoms with Gasteiger partial charge in [-0.15, -0.1) is 0 Å². The molecule has 0 saturated heterocycles. The Labute approximate surface area is 212 Å². The van der Waals surface area contributed by atoms with Crippen LogP contribution in [0.1, 0.15) is 67.2 Å². The molecule has 3 aliphatic rings. The van der Waals surface area contributed by atoms with Gasteiger partial charge in [0.05, 0.1) is 0 Å². The Morgan fingerprint density at radius 3 is 1.41 bits per heavy atom. The molecule has 0 aromatic carbocycles. The van der Waals surface area contributed by atoms with Crippen molar-refractivity contribution in [2.24, 2.45) is 10.8 Å². The molecule has 3 aliphatic carbocycles. The summed E-state index contributed by atoms with van der Waals surface area (Å²) in [5.74, 6) is 0.0692. The van der Waals surface area contributed by atoms with Crippen LogP contribution in [0.3, 0.4) is 0 Å². The van der Waals surface area contributed by atoms with Gasteiger partial charge in [-0.05, 0) is 59.1 Å². The Hall–Kier alpha value is -2.39. The Morgan fingerprint density at radius 2 is 1.09 bits per heavy atom. The van der Waals surface area contributed by atoms with Crippen LogP contribution in [0.2, 0.25) is 0 Å². The van der Waals surface area contributed by atoms with Gasteiger partial charge in [-0.3, -0.25) is 9.59 Å². The van der Waals surface area contributed by atoms with Crippen molar-refractivity contribution in [2.75, 3.05) is 0 Å². The molecule has 3 rings (SSSR count). The molecule has 0 aromatic heterocycles. The molecule has 5 nitrogen and oxygen atoms in total. The first-order valence-electron chi connectivity index (χ1n) is 11.9. The predicted octanol–water partition coefficient (Wildman–Crippen LogP) is 5.48. The summed E-state index contributed by atoms with van der Waals surface area (Å²) in [5, 5.41) is 7.02. The van der Waals surface area contributed by atoms with Gasteiger partial charge in [0.15, 0.2) is 11.6 Å². The molecule has 0 aromatic rings. The summed E-state index contributed by atoms with van der Waals surface area (Å²) < 4.78 is 6.81. The number of hydrogen-bond donors (Lipinski definition) is 2. The van der Waals surface area contributed by atoms with Gasteiger partial charge >= 0.3 is 19.8 Å². The number of nitrogens with zero attached hydrogens (tertiary/aromatic N) is 1. The third-order valence-electron chi connectivity index (χ3n) is 6.42. The summed E-state index contributed by atoms with van der Waals surface area (Å²) in [6.07, 6.45) is 19.3. The minimum atomic E-state index is -0.00217. The predicted molar refractivity (Wildman–Crippen MR) is 134 cm³/mol. The van der Waals surface area contributed by atoms with Gasteiger partial charge in [0.2, 0.25) is 0 Å². The van der Waals surface area contributed by atoms with Crippen LogP contribution in [0.15, 0.2) is 71.1 Å². The molecular formula is C28H38MnN3O2. The van der Waals surface area contributed by atoms with Crippen molar-refractivity contribution >= 4 is 11.6 Å². The molecule has 0 unspecified atom stereocenters. The second kappa shape index (κ2) is 11.8. The van der Waals surface area contributed by atoms with Gasteiger partial charge in [-0.2, -0.15) is 0 Å². The monoisotopic (exact) mass is 503 g/mol. The van der Waals surface area contributed by atoms with Crippen molar-refractivity contribution in [3.8, 4) is 0 Å². The third-order valence-corrected chi connectivity index (χ3v) is 6.42. The average molecular weight is 504 g/mol. The molecular weight excluding hydrogens is 465 g/mol. The molecule has 0 aliphatic heterocycles. The van der Waals surface area contributed by atoms with Crippen molar-refractivity contribution in [3.05, 3.63) is 71.1 Å². The van der Waals surface area contributed by atoms with Crippen LogP contribution in [-0.2, 0) is 25.2 Å². The number of nitrogens with one attached hydrogen (secondary N) is 2. The van der Waals surface area contributed by atoms with E-state index in [0.29, 0.717) is 11.1 Å². The molecule has 0 heterocycles. The maximum absolute atomic E-state index is 12.4. The summed E-state index contributed by atoms with van der Waals surface area (Å²) in [6.45, 7) is 12.9. The maximum atomic E-state index is 12.4. The van der Waals surface area contributed by atoms with E-state index < -0.39 is 0 Å². The van der Waals surface area contributed by atoms with E-state index in [9.17, 15) is 9.59 Å². The normalized spacial score (nSPS) is 25.4. The number of carbonyl (C=O) groups excluding carboxylic acids is 2. The van der Waals surface area contributed by atoms with E-state index in [1.165, 1.54) is 0 Å². The third kappa shape index (κ3) is 7.56. The average Bonchev–Trinajstić information content (AvgIpc) is 2.78. The Balaban J connectivity index is 0.00000199. The number of allylic oxidation sites excluding steroid dienone is 10. The molecule has 34 heavy (non-hydrogen) atoms. The van der Waals surface area contributed by atoms with Crippen LogP contribution in [0.5, 0.6) is 0 Å². The topological polar surface area (TPSA) is 82.0 Å². The Kier molecular flexibility index (Phi) is 9.70. The molecule has 0 amide bonds. The van der Waals surface area contributed by atoms with Crippen LogP contribution >= 0.6 is 0 Å². The van der Waals surface area contributed by atoms with Crippen molar-refractivity contribution in [3.63, 3.8) is 0 Å². The van der Waals surface area contributed by atoms with E-state index in [2.05, 4.69) is 52.2 Å². The van der Waals surface area contributed by atoms with Gasteiger partial charge in [0, 0.05) is 35.6 Å². The number of carbonyl (C=O) groups is 2. The molecule has 2 N–H and O–H groups in total. The van der Waals surface area contributed by atoms with Crippen molar-refractivity contribution < 1.29 is 25.2 Å². The Morgan fingerprint density at radius 1 is 0.735 bits per heavy atom. The second-order valence-electron chi connectivity index (χ2n) is 11.1. The molecule has 0 spiro atoms. The van der Waals surface area contributed by atoms with Crippen LogP contribution in [0.4, 0.5) is 0 Å². The second-order valence-corrected chi connectivity index (χ2v) is 11.1. The van der Waals surface area contributed by atoms with Crippen molar-refractivity contribution in [1.29, 1.82) is 4.20 Å². The molecule has 1 saturated carbocycles. The first kappa shape index (κ1) is 27.9. The van der Waals surface area contributed by atoms with Crippen LogP contribution in [0.25, 0.3) is 0 Å². The van der Waals surface area contributed by atoms with Crippen LogP contribution in [0, 0.1) is 15.0 Å². The number of hydrogen-bond acceptors (Lipinski definition) is 5. The Bertz CT molecular complexity index is 917. The van der Waals surface area contributed by atoms with Gasteiger partial charge in [-0.1, -0.05) is 66.5 Å². The zero-order chi connectivity index (χ0) is 25.5. The zero-order valence-corrected chi connectivity index (χ0v) is 22.4. The molecule has 0 bridgehead atoms. The molecule has 1 fully saturated rings. The van der Waals surface area contributed by atoms with E-state index in [1.807, 2.05) is 52.3 Å². The number of ketones is 2. The molecule has 6 heteroatoms. The zero-order valence-electron chi connectivity index (χ0n) is 21.2. The summed E-state index contributed by atoms with van der Waals surface area (Å²) in [7, 11) is 0. The minimum absolute atomic E-state index is 0.00217. The SMILES string of the molecule is CC(C)(C)C1=C/C(=C/N[C@@H]2CCCC[C@H]2N/C=C2/C=C(C(C)(C)C)C=CC2=O)C(=O)C=C1.[N]#[Mn]. The van der Waals surface area contributed by atoms with E-state index >= 15 is 0 Å². The number of rotatable bonds is 4. The van der Waals surface area contributed by atoms with Crippen LogP contribution in [-0.4, -0.2) is 23.7 Å². The fraction of sp³-hybridized carbons (Fsp3) is 0.500. The van der Waals surface area contributed by atoms with Crippen LogP contribution < -0.4 is 10.6 Å². The summed E-state index contributed by atoms with van der Waals surface area (Å²) >= 11 is 1.94. The standard InChI is InChI=1S/C28H38N2O2.Mn.N/c1-27(2,3)21-11-13-25(31)19(15-21)17-29-23-9-7-8-10-24(23)30-18-20-16-22(28(4,5)6)12-14-26(20)32;;/h11-18,23-24,29-30H,7-10H2,1-6H3;;/b19-17-,20-18-;;/t23-,24-;;/m1../s1. The van der Waals surface area contributed by atoms with E-state index in [4.69, 9.17) is 4.20 Å². The van der Waals surface area contributed by atoms with Gasteiger partial charge < -0.3 is 10.6 Å². The summed E-state index contributed by atoms with van der Waals surface area (Å²) in [4.78, 5) is 24.8. The summed E-state index contributed by atoms with van der Waals surface area (Å²) in [6, 6.07) is 0.414. The van der Waals surface area contributed by atoms with Gasteiger partial charge in [0.25, 0.3) is 0 Å². The van der Waals surface area contributed by atoms with Crippen molar-refractivity contribution in [1.82, 2.24) is 10.6 Å². The fourth-order valence-electron chi connectivity index (χ4n) is 4.18. The van der Waals surface area contributed by atoms with Gasteiger partial charge in [0.1, 0.15) is 0 Å². The van der Waals surface area contributed by atoms with E-state index in [0.717, 1.165) is 36.8 Å². The van der Waals surface area contributed by atoms with Crippen molar-refractivity contribution in [2.45, 2.75) is 79.3 Å². The quantitative estimate of drug-likeness (QED) is 0.392. The molecule has 2 atom stereocenters. The molecule has 0 radical (unpaired) electrons. The first-order chi connectivity index (χ1) is 15.9. The first-order valence-corrected chi connectivity index (χ1v) is 12.5. The van der Waals surface area contributed by atoms with E-state index in [-0.39, 0.29) is 34.5 Å². The van der Waals surface area contributed by atoms with Gasteiger partial charge in [-0.25, -0.2) is 0 Å². The van der Waals surface area contributed by atoms with E-state index in [1.54, 1.807) is 12.2 Å². The molecule has 184 valence electrons.